The summed E-state index contributed by atoms with van der Waals surface area (Å²) in [6, 6.07) is 13.9. The third-order valence-electron chi connectivity index (χ3n) is 3.54. The SMILES string of the molecule is Cc1ccc2sc(NC(=O)C=Cc3ccccc3)nc2c1C. The Balaban J connectivity index is 1.77. The van der Waals surface area contributed by atoms with Gasteiger partial charge in [0.2, 0.25) is 5.91 Å². The minimum atomic E-state index is -0.169. The number of carbonyl (C=O) groups is 1. The van der Waals surface area contributed by atoms with Gasteiger partial charge in [-0.1, -0.05) is 47.7 Å². The smallest absolute Gasteiger partial charge is 0.250 e. The maximum atomic E-state index is 12.0. The number of hydrogen-bond acceptors (Lipinski definition) is 3. The first-order chi connectivity index (χ1) is 10.6. The maximum absolute atomic E-state index is 12.0. The van der Waals surface area contributed by atoms with E-state index >= 15 is 0 Å². The Kier molecular flexibility index (Phi) is 4.02. The van der Waals surface area contributed by atoms with Crippen LogP contribution in [0.3, 0.4) is 0 Å². The molecule has 1 aromatic heterocycles. The molecular weight excluding hydrogens is 292 g/mol. The van der Waals surface area contributed by atoms with Crippen LogP contribution in [-0.4, -0.2) is 10.9 Å². The quantitative estimate of drug-likeness (QED) is 0.720. The number of amides is 1. The van der Waals surface area contributed by atoms with Crippen LogP contribution >= 0.6 is 11.3 Å². The van der Waals surface area contributed by atoms with Crippen molar-refractivity contribution in [1.29, 1.82) is 0 Å². The fourth-order valence-electron chi connectivity index (χ4n) is 2.16. The molecule has 2 aromatic carbocycles. The lowest BCUT2D eigenvalue weighted by molar-refractivity contribution is -0.111. The maximum Gasteiger partial charge on any atom is 0.250 e. The average Bonchev–Trinajstić information content (AvgIpc) is 2.93. The zero-order chi connectivity index (χ0) is 15.5. The Morgan fingerprint density at radius 3 is 2.68 bits per heavy atom. The van der Waals surface area contributed by atoms with Crippen LogP contribution in [0.4, 0.5) is 5.13 Å². The highest BCUT2D eigenvalue weighted by Crippen LogP contribution is 2.29. The number of fused-ring (bicyclic) bond motifs is 1. The molecule has 0 unspecified atom stereocenters. The molecule has 0 atom stereocenters. The van der Waals surface area contributed by atoms with Crippen LogP contribution < -0.4 is 5.32 Å². The van der Waals surface area contributed by atoms with Crippen LogP contribution in [-0.2, 0) is 4.79 Å². The van der Waals surface area contributed by atoms with Crippen molar-refractivity contribution >= 4 is 38.7 Å². The van der Waals surface area contributed by atoms with Gasteiger partial charge < -0.3 is 0 Å². The van der Waals surface area contributed by atoms with Gasteiger partial charge >= 0.3 is 0 Å². The summed E-state index contributed by atoms with van der Waals surface area (Å²) >= 11 is 1.49. The highest BCUT2D eigenvalue weighted by molar-refractivity contribution is 7.22. The average molecular weight is 308 g/mol. The number of thiazole rings is 1. The fourth-order valence-corrected chi connectivity index (χ4v) is 3.09. The van der Waals surface area contributed by atoms with Gasteiger partial charge in [-0.15, -0.1) is 0 Å². The summed E-state index contributed by atoms with van der Waals surface area (Å²) in [5, 5.41) is 3.46. The summed E-state index contributed by atoms with van der Waals surface area (Å²) in [5.74, 6) is -0.169. The van der Waals surface area contributed by atoms with Crippen molar-refractivity contribution in [3.05, 3.63) is 65.2 Å². The molecule has 22 heavy (non-hydrogen) atoms. The molecule has 0 spiro atoms. The topological polar surface area (TPSA) is 42.0 Å². The first-order valence-electron chi connectivity index (χ1n) is 7.04. The molecule has 0 radical (unpaired) electrons. The second-order valence-corrected chi connectivity index (χ2v) is 6.14. The van der Waals surface area contributed by atoms with Gasteiger partial charge in [0, 0.05) is 6.08 Å². The molecule has 1 amide bonds. The van der Waals surface area contributed by atoms with E-state index in [0.717, 1.165) is 21.3 Å². The Morgan fingerprint density at radius 1 is 1.14 bits per heavy atom. The number of carbonyl (C=O) groups excluding carboxylic acids is 1. The van der Waals surface area contributed by atoms with Crippen molar-refractivity contribution in [2.24, 2.45) is 0 Å². The number of nitrogens with zero attached hydrogens (tertiary/aromatic N) is 1. The van der Waals surface area contributed by atoms with Crippen LogP contribution in [0, 0.1) is 13.8 Å². The van der Waals surface area contributed by atoms with Gasteiger partial charge in [-0.05, 0) is 42.7 Å². The standard InChI is InChI=1S/C18H16N2OS/c1-12-8-10-15-17(13(12)2)20-18(22-15)19-16(21)11-9-14-6-4-3-5-7-14/h3-11H,1-2H3,(H,19,20,21). The molecule has 0 aliphatic heterocycles. The van der Waals surface area contributed by atoms with Gasteiger partial charge in [-0.25, -0.2) is 4.98 Å². The van der Waals surface area contributed by atoms with Crippen molar-refractivity contribution in [1.82, 2.24) is 4.98 Å². The largest absolute Gasteiger partial charge is 0.298 e. The second-order valence-electron chi connectivity index (χ2n) is 5.11. The normalized spacial score (nSPS) is 11.2. The number of aromatic nitrogens is 1. The lowest BCUT2D eigenvalue weighted by Crippen LogP contribution is -2.07. The van der Waals surface area contributed by atoms with Crippen LogP contribution in [0.15, 0.2) is 48.5 Å². The van der Waals surface area contributed by atoms with Gasteiger partial charge in [0.25, 0.3) is 0 Å². The lowest BCUT2D eigenvalue weighted by atomic mass is 10.1. The fraction of sp³-hybridized carbons (Fsp3) is 0.111. The Morgan fingerprint density at radius 2 is 1.91 bits per heavy atom. The van der Waals surface area contributed by atoms with Crippen molar-refractivity contribution in [2.75, 3.05) is 5.32 Å². The highest BCUT2D eigenvalue weighted by Gasteiger charge is 2.09. The van der Waals surface area contributed by atoms with Crippen LogP contribution in [0.2, 0.25) is 0 Å². The second kappa shape index (κ2) is 6.12. The molecule has 0 aliphatic carbocycles. The minimum absolute atomic E-state index is 0.169. The minimum Gasteiger partial charge on any atom is -0.298 e. The van der Waals surface area contributed by atoms with E-state index in [9.17, 15) is 4.79 Å². The monoisotopic (exact) mass is 308 g/mol. The van der Waals surface area contributed by atoms with E-state index in [1.165, 1.54) is 23.0 Å². The highest BCUT2D eigenvalue weighted by atomic mass is 32.1. The predicted molar refractivity (Wildman–Crippen MR) is 93.2 cm³/mol. The molecule has 110 valence electrons. The zero-order valence-corrected chi connectivity index (χ0v) is 13.3. The van der Waals surface area contributed by atoms with E-state index in [4.69, 9.17) is 0 Å². The third kappa shape index (κ3) is 3.07. The molecule has 4 heteroatoms. The molecule has 0 fully saturated rings. The number of anilines is 1. The van der Waals surface area contributed by atoms with Crippen LogP contribution in [0.25, 0.3) is 16.3 Å². The Hall–Kier alpha value is -2.46. The van der Waals surface area contributed by atoms with E-state index < -0.39 is 0 Å². The van der Waals surface area contributed by atoms with Crippen molar-refractivity contribution in [3.63, 3.8) is 0 Å². The first-order valence-corrected chi connectivity index (χ1v) is 7.86. The van der Waals surface area contributed by atoms with Gasteiger partial charge in [0.15, 0.2) is 5.13 Å². The molecule has 3 rings (SSSR count). The molecule has 0 saturated carbocycles. The number of benzene rings is 2. The van der Waals surface area contributed by atoms with Gasteiger partial charge in [-0.2, -0.15) is 0 Å². The summed E-state index contributed by atoms with van der Waals surface area (Å²) in [5.41, 5.74) is 4.33. The number of nitrogens with one attached hydrogen (secondary N) is 1. The van der Waals surface area contributed by atoms with E-state index in [1.54, 1.807) is 6.08 Å². The first kappa shape index (κ1) is 14.5. The summed E-state index contributed by atoms with van der Waals surface area (Å²) < 4.78 is 1.09. The Bertz CT molecular complexity index is 850. The number of hydrogen-bond donors (Lipinski definition) is 1. The molecule has 3 aromatic rings. The zero-order valence-electron chi connectivity index (χ0n) is 12.5. The van der Waals surface area contributed by atoms with Crippen LogP contribution in [0.1, 0.15) is 16.7 Å². The number of rotatable bonds is 3. The molecule has 0 aliphatic rings. The Labute approximate surface area is 133 Å². The molecule has 3 nitrogen and oxygen atoms in total. The van der Waals surface area contributed by atoms with E-state index in [2.05, 4.69) is 30.2 Å². The molecule has 0 saturated heterocycles. The molecule has 0 bridgehead atoms. The van der Waals surface area contributed by atoms with E-state index in [-0.39, 0.29) is 5.91 Å². The van der Waals surface area contributed by atoms with Crippen LogP contribution in [0.5, 0.6) is 0 Å². The van der Waals surface area contributed by atoms with Gasteiger partial charge in [0.1, 0.15) is 0 Å². The van der Waals surface area contributed by atoms with Crippen molar-refractivity contribution in [2.45, 2.75) is 13.8 Å². The third-order valence-corrected chi connectivity index (χ3v) is 4.48. The lowest BCUT2D eigenvalue weighted by Gasteiger charge is -1.98. The van der Waals surface area contributed by atoms with Gasteiger partial charge in [-0.3, -0.25) is 10.1 Å². The summed E-state index contributed by atoms with van der Waals surface area (Å²) in [6.45, 7) is 4.12. The van der Waals surface area contributed by atoms with E-state index in [1.807, 2.05) is 36.4 Å². The molecule has 1 heterocycles. The molecule has 1 N–H and O–H groups in total. The number of aryl methyl sites for hydroxylation is 2. The van der Waals surface area contributed by atoms with Crippen molar-refractivity contribution in [3.8, 4) is 0 Å². The van der Waals surface area contributed by atoms with Gasteiger partial charge in [0.05, 0.1) is 10.2 Å². The molecular formula is C18H16N2OS. The summed E-state index contributed by atoms with van der Waals surface area (Å²) in [7, 11) is 0. The van der Waals surface area contributed by atoms with Crippen molar-refractivity contribution < 1.29 is 4.79 Å². The summed E-state index contributed by atoms with van der Waals surface area (Å²) in [4.78, 5) is 16.5. The summed E-state index contributed by atoms with van der Waals surface area (Å²) in [6.07, 6.45) is 3.32. The van der Waals surface area contributed by atoms with E-state index in [0.29, 0.717) is 5.13 Å². The predicted octanol–water partition coefficient (Wildman–Crippen LogP) is 4.57.